The van der Waals surface area contributed by atoms with E-state index in [0.29, 0.717) is 0 Å². The smallest absolute Gasteiger partial charge is 0.294 e. The number of nitrogens with one attached hydrogen (secondary N) is 1. The zero-order chi connectivity index (χ0) is 15.5. The number of hydrogen-bond acceptors (Lipinski definition) is 4. The van der Waals surface area contributed by atoms with Crippen LogP contribution in [-0.2, 0) is 0 Å². The monoisotopic (exact) mass is 299 g/mol. The van der Waals surface area contributed by atoms with Crippen molar-refractivity contribution in [3.05, 3.63) is 32.8 Å². The Morgan fingerprint density at radius 1 is 1.45 bits per heavy atom. The van der Waals surface area contributed by atoms with Gasteiger partial charge in [0.15, 0.2) is 0 Å². The number of nitrogen functional groups attached to an aromatic ring is 1. The molecule has 0 aliphatic rings. The van der Waals surface area contributed by atoms with E-state index in [-0.39, 0.29) is 27.5 Å². The number of hydrogen-bond donors (Lipinski definition) is 2. The Kier molecular flexibility index (Phi) is 4.94. The van der Waals surface area contributed by atoms with Crippen molar-refractivity contribution in [2.24, 2.45) is 0 Å². The molecule has 20 heavy (non-hydrogen) atoms. The SMILES string of the molecule is CCC(C)(CC)NC(=O)c1cc(Cl)c(N)c([N+](=O)[O-])c1. The summed E-state index contributed by atoms with van der Waals surface area (Å²) < 4.78 is 0. The van der Waals surface area contributed by atoms with Crippen LogP contribution in [0.4, 0.5) is 11.4 Å². The third-order valence-electron chi connectivity index (χ3n) is 3.54. The van der Waals surface area contributed by atoms with Gasteiger partial charge in [0.2, 0.25) is 0 Å². The quantitative estimate of drug-likeness (QED) is 0.495. The molecule has 0 bridgehead atoms. The predicted molar refractivity (Wildman–Crippen MR) is 79.0 cm³/mol. The summed E-state index contributed by atoms with van der Waals surface area (Å²) in [5, 5.41) is 13.7. The van der Waals surface area contributed by atoms with Crippen molar-refractivity contribution >= 4 is 28.9 Å². The molecule has 0 saturated heterocycles. The summed E-state index contributed by atoms with van der Waals surface area (Å²) in [6.07, 6.45) is 1.50. The summed E-state index contributed by atoms with van der Waals surface area (Å²) in [6.45, 7) is 5.84. The molecule has 0 radical (unpaired) electrons. The van der Waals surface area contributed by atoms with Gasteiger partial charge in [-0.3, -0.25) is 14.9 Å². The average molecular weight is 300 g/mol. The van der Waals surface area contributed by atoms with Crippen LogP contribution in [0.1, 0.15) is 44.0 Å². The number of nitrogens with two attached hydrogens (primary N) is 1. The second kappa shape index (κ2) is 6.09. The van der Waals surface area contributed by atoms with Crippen LogP contribution < -0.4 is 11.1 Å². The molecule has 0 heterocycles. The van der Waals surface area contributed by atoms with Crippen molar-refractivity contribution in [2.45, 2.75) is 39.2 Å². The van der Waals surface area contributed by atoms with Crippen molar-refractivity contribution in [1.29, 1.82) is 0 Å². The molecule has 0 aromatic heterocycles. The van der Waals surface area contributed by atoms with E-state index in [1.807, 2.05) is 20.8 Å². The number of nitro benzene ring substituents is 1. The topological polar surface area (TPSA) is 98.3 Å². The number of nitrogens with zero attached hydrogens (tertiary/aromatic N) is 1. The van der Waals surface area contributed by atoms with E-state index in [9.17, 15) is 14.9 Å². The van der Waals surface area contributed by atoms with E-state index in [1.165, 1.54) is 6.07 Å². The van der Waals surface area contributed by atoms with Crippen molar-refractivity contribution in [2.75, 3.05) is 5.73 Å². The number of carbonyl (C=O) groups excluding carboxylic acids is 1. The standard InChI is InChI=1S/C13H18ClN3O3/c1-4-13(3,5-2)16-12(18)8-6-9(14)11(15)10(7-8)17(19)20/h6-7H,4-5,15H2,1-3H3,(H,16,18). The Bertz CT molecular complexity index is 542. The largest absolute Gasteiger partial charge is 0.392 e. The fraction of sp³-hybridized carbons (Fsp3) is 0.462. The summed E-state index contributed by atoms with van der Waals surface area (Å²) in [5.74, 6) is -0.402. The van der Waals surface area contributed by atoms with Crippen LogP contribution in [0, 0.1) is 10.1 Å². The van der Waals surface area contributed by atoms with Crippen LogP contribution in [0.3, 0.4) is 0 Å². The molecule has 0 fully saturated rings. The summed E-state index contributed by atoms with van der Waals surface area (Å²) in [5.41, 5.74) is 4.79. The highest BCUT2D eigenvalue weighted by Gasteiger charge is 2.25. The minimum atomic E-state index is -0.656. The second-order valence-electron chi connectivity index (χ2n) is 4.87. The molecule has 1 amide bonds. The van der Waals surface area contributed by atoms with Gasteiger partial charge in [-0.15, -0.1) is 0 Å². The van der Waals surface area contributed by atoms with Gasteiger partial charge in [0.05, 0.1) is 9.95 Å². The van der Waals surface area contributed by atoms with Crippen LogP contribution in [0.25, 0.3) is 0 Å². The molecular weight excluding hydrogens is 282 g/mol. The number of nitro groups is 1. The van der Waals surface area contributed by atoms with E-state index in [0.717, 1.165) is 18.9 Å². The van der Waals surface area contributed by atoms with Crippen LogP contribution in [0.15, 0.2) is 12.1 Å². The number of anilines is 1. The lowest BCUT2D eigenvalue weighted by Crippen LogP contribution is -2.44. The molecule has 0 spiro atoms. The summed E-state index contributed by atoms with van der Waals surface area (Å²) in [4.78, 5) is 22.4. The first-order valence-corrected chi connectivity index (χ1v) is 6.67. The number of carbonyl (C=O) groups is 1. The molecule has 0 atom stereocenters. The molecule has 1 rings (SSSR count). The molecule has 0 aliphatic carbocycles. The van der Waals surface area contributed by atoms with E-state index in [1.54, 1.807) is 0 Å². The Balaban J connectivity index is 3.15. The maximum Gasteiger partial charge on any atom is 0.294 e. The van der Waals surface area contributed by atoms with Crippen LogP contribution in [0.2, 0.25) is 5.02 Å². The molecule has 6 nitrogen and oxygen atoms in total. The molecule has 1 aromatic rings. The van der Waals surface area contributed by atoms with Gasteiger partial charge in [0, 0.05) is 17.2 Å². The van der Waals surface area contributed by atoms with Crippen LogP contribution >= 0.6 is 11.6 Å². The normalized spacial score (nSPS) is 11.2. The van der Waals surface area contributed by atoms with Gasteiger partial charge in [0.1, 0.15) is 5.69 Å². The fourth-order valence-corrected chi connectivity index (χ4v) is 1.87. The molecule has 0 aliphatic heterocycles. The van der Waals surface area contributed by atoms with Gasteiger partial charge in [-0.25, -0.2) is 0 Å². The minimum Gasteiger partial charge on any atom is -0.392 e. The summed E-state index contributed by atoms with van der Waals surface area (Å²) in [7, 11) is 0. The zero-order valence-electron chi connectivity index (χ0n) is 11.7. The average Bonchev–Trinajstić information content (AvgIpc) is 2.40. The van der Waals surface area contributed by atoms with Crippen molar-refractivity contribution in [1.82, 2.24) is 5.32 Å². The van der Waals surface area contributed by atoms with E-state index in [2.05, 4.69) is 5.32 Å². The maximum atomic E-state index is 12.2. The lowest BCUT2D eigenvalue weighted by molar-refractivity contribution is -0.383. The van der Waals surface area contributed by atoms with Gasteiger partial charge >= 0.3 is 0 Å². The third-order valence-corrected chi connectivity index (χ3v) is 3.86. The van der Waals surface area contributed by atoms with Gasteiger partial charge < -0.3 is 11.1 Å². The molecule has 0 unspecified atom stereocenters. The molecule has 7 heteroatoms. The number of amides is 1. The Labute approximate surface area is 122 Å². The van der Waals surface area contributed by atoms with E-state index in [4.69, 9.17) is 17.3 Å². The fourth-order valence-electron chi connectivity index (χ4n) is 1.66. The van der Waals surface area contributed by atoms with E-state index >= 15 is 0 Å². The zero-order valence-corrected chi connectivity index (χ0v) is 12.5. The second-order valence-corrected chi connectivity index (χ2v) is 5.28. The van der Waals surface area contributed by atoms with Crippen molar-refractivity contribution in [3.8, 4) is 0 Å². The molecule has 3 N–H and O–H groups in total. The number of benzene rings is 1. The first-order chi connectivity index (χ1) is 9.24. The van der Waals surface area contributed by atoms with Crippen molar-refractivity contribution < 1.29 is 9.72 Å². The Morgan fingerprint density at radius 2 is 2.00 bits per heavy atom. The highest BCUT2D eigenvalue weighted by atomic mass is 35.5. The molecule has 0 saturated carbocycles. The summed E-state index contributed by atoms with van der Waals surface area (Å²) in [6, 6.07) is 2.48. The van der Waals surface area contributed by atoms with Crippen molar-refractivity contribution in [3.63, 3.8) is 0 Å². The Hall–Kier alpha value is -1.82. The Morgan fingerprint density at radius 3 is 2.45 bits per heavy atom. The van der Waals surface area contributed by atoms with Gasteiger partial charge in [-0.05, 0) is 25.8 Å². The molecular formula is C13H18ClN3O3. The van der Waals surface area contributed by atoms with Gasteiger partial charge in [0.25, 0.3) is 11.6 Å². The van der Waals surface area contributed by atoms with Gasteiger partial charge in [-0.2, -0.15) is 0 Å². The number of rotatable bonds is 5. The first-order valence-electron chi connectivity index (χ1n) is 6.30. The highest BCUT2D eigenvalue weighted by Crippen LogP contribution is 2.31. The predicted octanol–water partition coefficient (Wildman–Crippen LogP) is 3.14. The number of halogens is 1. The summed E-state index contributed by atoms with van der Waals surface area (Å²) >= 11 is 5.84. The molecule has 110 valence electrons. The third kappa shape index (κ3) is 3.39. The molecule has 1 aromatic carbocycles. The minimum absolute atomic E-state index is 0.000880. The first kappa shape index (κ1) is 16.2. The van der Waals surface area contributed by atoms with Gasteiger partial charge in [-0.1, -0.05) is 25.4 Å². The highest BCUT2D eigenvalue weighted by molar-refractivity contribution is 6.34. The van der Waals surface area contributed by atoms with Crippen LogP contribution in [0.5, 0.6) is 0 Å². The van der Waals surface area contributed by atoms with E-state index < -0.39 is 10.8 Å². The van der Waals surface area contributed by atoms with Crippen LogP contribution in [-0.4, -0.2) is 16.4 Å². The lowest BCUT2D eigenvalue weighted by atomic mass is 9.95. The maximum absolute atomic E-state index is 12.2. The lowest BCUT2D eigenvalue weighted by Gasteiger charge is -2.28.